The van der Waals surface area contributed by atoms with Crippen LogP contribution in [0.3, 0.4) is 0 Å². The number of aryl methyl sites for hydroxylation is 2. The monoisotopic (exact) mass is 743 g/mol. The molecule has 0 spiro atoms. The molecule has 6 heteroatoms. The number of rotatable bonds is 6. The van der Waals surface area contributed by atoms with Gasteiger partial charge in [-0.25, -0.2) is 48.5 Å². The van der Waals surface area contributed by atoms with Gasteiger partial charge in [0.1, 0.15) is 0 Å². The molecule has 4 rings (SSSR count). The molecule has 4 aromatic rings. The predicted molar refractivity (Wildman–Crippen MR) is 125 cm³/mol. The number of hydrogen-bond donors (Lipinski definition) is 0. The van der Waals surface area contributed by atoms with Crippen molar-refractivity contribution < 1.29 is 94.0 Å². The molecule has 0 fully saturated rings. The van der Waals surface area contributed by atoms with Gasteiger partial charge in [-0.05, 0) is 0 Å². The van der Waals surface area contributed by atoms with Crippen molar-refractivity contribution in [1.82, 2.24) is 0 Å². The minimum atomic E-state index is 0. The van der Waals surface area contributed by atoms with Crippen LogP contribution < -0.4 is 49.6 Å². The fraction of sp³-hybridized carbons (Fsp3) is 0.286. The molecule has 0 bridgehead atoms. The molecule has 0 saturated heterocycles. The summed E-state index contributed by atoms with van der Waals surface area (Å²) in [5.74, 6) is 0. The predicted octanol–water partition coefficient (Wildman–Crippen LogP) is -3.68. The first-order chi connectivity index (χ1) is 13.9. The van der Waals surface area contributed by atoms with Crippen LogP contribution in [0.2, 0.25) is 0 Å². The zero-order valence-electron chi connectivity index (χ0n) is 20.1. The van der Waals surface area contributed by atoms with E-state index in [0.717, 1.165) is 0 Å². The van der Waals surface area contributed by atoms with Gasteiger partial charge in [0.2, 0.25) is 0 Å². The molecule has 0 saturated carbocycles. The van der Waals surface area contributed by atoms with Crippen LogP contribution in [0.15, 0.2) is 109 Å². The first-order valence-electron chi connectivity index (χ1n) is 10.6. The molecule has 0 aliphatic carbocycles. The molecule has 0 aliphatic rings. The maximum absolute atomic E-state index is 2.23. The molecule has 1 radical (unpaired) electrons. The van der Waals surface area contributed by atoms with E-state index in [4.69, 9.17) is 0 Å². The third-order valence-corrected chi connectivity index (χ3v) is 4.21. The van der Waals surface area contributed by atoms with E-state index in [1.165, 1.54) is 49.7 Å². The number of halogens is 4. The second kappa shape index (κ2) is 37.6. The fourth-order valence-electron chi connectivity index (χ4n) is 2.56. The van der Waals surface area contributed by atoms with Crippen LogP contribution in [0.5, 0.6) is 0 Å². The van der Waals surface area contributed by atoms with Gasteiger partial charge < -0.3 is 49.6 Å². The maximum Gasteiger partial charge on any atom is 4.00 e. The Labute approximate surface area is 264 Å². The Morgan fingerprint density at radius 2 is 0.765 bits per heavy atom. The fourth-order valence-corrected chi connectivity index (χ4v) is 2.56. The van der Waals surface area contributed by atoms with Crippen LogP contribution in [-0.2, 0) is 57.2 Å². The summed E-state index contributed by atoms with van der Waals surface area (Å²) in [4.78, 5) is 0. The minimum Gasteiger partial charge on any atom is -1.00 e. The summed E-state index contributed by atoms with van der Waals surface area (Å²) < 4.78 is 0. The molecular weight excluding hydrogens is 708 g/mol. The molecule has 34 heavy (non-hydrogen) atoms. The van der Waals surface area contributed by atoms with Gasteiger partial charge in [-0.15, -0.1) is 0 Å². The van der Waals surface area contributed by atoms with Crippen LogP contribution in [0.25, 0.3) is 0 Å². The van der Waals surface area contributed by atoms with Gasteiger partial charge in [0, 0.05) is 18.6 Å². The smallest absolute Gasteiger partial charge is 1.00 e. The summed E-state index contributed by atoms with van der Waals surface area (Å²) >= 11 is 0. The van der Waals surface area contributed by atoms with Crippen LogP contribution in [0.4, 0.5) is 0 Å². The second-order valence-corrected chi connectivity index (χ2v) is 6.72. The Balaban J connectivity index is -0.0000000745. The average Bonchev–Trinajstić information content (AvgIpc) is 3.57. The zero-order valence-corrected chi connectivity index (χ0v) is 28.1. The van der Waals surface area contributed by atoms with Crippen molar-refractivity contribution in [2.45, 2.75) is 52.4 Å². The van der Waals surface area contributed by atoms with Gasteiger partial charge in [-0.3, -0.25) is 0 Å². The molecule has 0 aliphatic heterocycles. The van der Waals surface area contributed by atoms with Crippen molar-refractivity contribution in [3.63, 3.8) is 0 Å². The van der Waals surface area contributed by atoms with Crippen molar-refractivity contribution in [3.05, 3.63) is 120 Å². The zero-order chi connectivity index (χ0) is 20.1. The second-order valence-electron chi connectivity index (χ2n) is 6.72. The van der Waals surface area contributed by atoms with E-state index in [1.807, 2.05) is 60.7 Å². The van der Waals surface area contributed by atoms with E-state index in [0.29, 0.717) is 0 Å². The van der Waals surface area contributed by atoms with Crippen molar-refractivity contribution in [1.29, 1.82) is 0 Å². The Bertz CT molecular complexity index is 608. The minimum absolute atomic E-state index is 0. The van der Waals surface area contributed by atoms with Gasteiger partial charge >= 0.3 is 25.8 Å². The van der Waals surface area contributed by atoms with Crippen LogP contribution >= 0.6 is 0 Å². The van der Waals surface area contributed by atoms with E-state index in [-0.39, 0.29) is 94.0 Å². The van der Waals surface area contributed by atoms with Gasteiger partial charge in [-0.2, -0.15) is 71.8 Å². The third kappa shape index (κ3) is 30.0. The summed E-state index contributed by atoms with van der Waals surface area (Å²) in [7, 11) is 0. The van der Waals surface area contributed by atoms with Crippen molar-refractivity contribution in [2.24, 2.45) is 0 Å². The van der Waals surface area contributed by atoms with Crippen LogP contribution in [-0.4, -0.2) is 0 Å². The summed E-state index contributed by atoms with van der Waals surface area (Å²) in [5, 5.41) is 0. The van der Waals surface area contributed by atoms with Crippen molar-refractivity contribution in [2.75, 3.05) is 0 Å². The molecule has 0 nitrogen and oxygen atoms in total. The molecular formula is C28H36Cl4HfV-4. The van der Waals surface area contributed by atoms with Gasteiger partial charge in [0.05, 0.1) is 0 Å². The van der Waals surface area contributed by atoms with E-state index in [2.05, 4.69) is 62.4 Å². The maximum atomic E-state index is 2.23. The molecule has 0 N–H and O–H groups in total. The Morgan fingerprint density at radius 3 is 0.941 bits per heavy atom. The third-order valence-electron chi connectivity index (χ3n) is 4.21. The topological polar surface area (TPSA) is 0 Å². The SMILES string of the molecule is CCCC[c-]1cccc1.CCCC[c-]1cccc1.[Cl-].[Cl-].[Cl-].[Cl-].[Hf+4].[V].c1cc[cH-]c1.c1cc[cH-]c1. The molecule has 4 aromatic carbocycles. The van der Waals surface area contributed by atoms with Crippen molar-refractivity contribution >= 4 is 0 Å². The Kier molecular flexibility index (Phi) is 52.2. The number of unbranched alkanes of at least 4 members (excludes halogenated alkanes) is 2. The summed E-state index contributed by atoms with van der Waals surface area (Å²) in [6.07, 6.45) is 7.75. The van der Waals surface area contributed by atoms with Gasteiger partial charge in [-0.1, -0.05) is 52.4 Å². The van der Waals surface area contributed by atoms with Crippen LogP contribution in [0, 0.1) is 0 Å². The van der Waals surface area contributed by atoms with E-state index in [9.17, 15) is 0 Å². The van der Waals surface area contributed by atoms with E-state index < -0.39 is 0 Å². The Hall–Kier alpha value is 0.0145. The van der Waals surface area contributed by atoms with E-state index in [1.54, 1.807) is 0 Å². The molecule has 0 atom stereocenters. The average molecular weight is 744 g/mol. The molecule has 0 amide bonds. The summed E-state index contributed by atoms with van der Waals surface area (Å²) in [6.45, 7) is 4.45. The van der Waals surface area contributed by atoms with Crippen molar-refractivity contribution in [3.8, 4) is 0 Å². The quantitative estimate of drug-likeness (QED) is 0.141. The number of hydrogen-bond acceptors (Lipinski definition) is 0. The first-order valence-corrected chi connectivity index (χ1v) is 10.6. The molecule has 0 aromatic heterocycles. The van der Waals surface area contributed by atoms with Crippen LogP contribution in [0.1, 0.15) is 50.7 Å². The summed E-state index contributed by atoms with van der Waals surface area (Å²) in [6, 6.07) is 37.2. The standard InChI is InChI=1S/2C9H13.2C5H5.4ClH.Hf.V/c2*1-2-3-6-9-7-4-5-8-9;2*1-2-4-5-3-1;;;;;;/h2*4-5,7-8H,2-3,6H2,1H3;2*1-5H;4*1H;;/q4*-1;;;;;+4;/p-4. The molecule has 0 heterocycles. The summed E-state index contributed by atoms with van der Waals surface area (Å²) in [5.41, 5.74) is 2.97. The van der Waals surface area contributed by atoms with E-state index >= 15 is 0 Å². The van der Waals surface area contributed by atoms with Gasteiger partial charge in [0.25, 0.3) is 0 Å². The van der Waals surface area contributed by atoms with Gasteiger partial charge in [0.15, 0.2) is 0 Å². The molecule has 0 unspecified atom stereocenters. The molecule has 189 valence electrons. The Morgan fingerprint density at radius 1 is 0.500 bits per heavy atom. The first kappa shape index (κ1) is 47.2. The largest absolute Gasteiger partial charge is 4.00 e. The normalized spacial score (nSPS) is 7.59.